The van der Waals surface area contributed by atoms with Crippen LogP contribution in [0.25, 0.3) is 0 Å². The number of aryl methyl sites for hydroxylation is 1. The largest absolute Gasteiger partial charge is 0.466 e. The predicted molar refractivity (Wildman–Crippen MR) is 75.0 cm³/mol. The zero-order valence-electron chi connectivity index (χ0n) is 11.9. The standard InChI is InChI=1S/C15H22N2O3/c1-10-9-12(10)13-6-4-11(20-13)5-7-15(19)17-8-2-3-14(16)18/h4,6,10,12H,2-3,5,7-9H2,1H3,(H2,16,18)(H,17,19)/t10-,12+/m1/s1. The summed E-state index contributed by atoms with van der Waals surface area (Å²) in [4.78, 5) is 22.1. The summed E-state index contributed by atoms with van der Waals surface area (Å²) >= 11 is 0. The van der Waals surface area contributed by atoms with Crippen molar-refractivity contribution in [2.75, 3.05) is 6.54 Å². The summed E-state index contributed by atoms with van der Waals surface area (Å²) in [6.07, 6.45) is 3.12. The Hall–Kier alpha value is -1.78. The molecule has 110 valence electrons. The highest BCUT2D eigenvalue weighted by molar-refractivity contribution is 5.76. The molecule has 1 heterocycles. The summed E-state index contributed by atoms with van der Waals surface area (Å²) in [5.41, 5.74) is 5.02. The molecule has 1 saturated carbocycles. The van der Waals surface area contributed by atoms with Crippen molar-refractivity contribution in [3.05, 3.63) is 23.7 Å². The lowest BCUT2D eigenvalue weighted by atomic mass is 10.2. The molecule has 0 saturated heterocycles. The van der Waals surface area contributed by atoms with E-state index in [1.165, 1.54) is 6.42 Å². The Bertz CT molecular complexity index is 481. The van der Waals surface area contributed by atoms with Crippen molar-refractivity contribution in [1.29, 1.82) is 0 Å². The molecule has 1 aliphatic rings. The van der Waals surface area contributed by atoms with Crippen LogP contribution in [0.5, 0.6) is 0 Å². The minimum Gasteiger partial charge on any atom is -0.466 e. The second kappa shape index (κ2) is 6.59. The molecule has 1 aromatic heterocycles. The number of nitrogens with one attached hydrogen (secondary N) is 1. The van der Waals surface area contributed by atoms with Gasteiger partial charge in [-0.3, -0.25) is 9.59 Å². The molecule has 5 nitrogen and oxygen atoms in total. The summed E-state index contributed by atoms with van der Waals surface area (Å²) in [6.45, 7) is 2.71. The van der Waals surface area contributed by atoms with Crippen LogP contribution < -0.4 is 11.1 Å². The molecular weight excluding hydrogens is 256 g/mol. The maximum absolute atomic E-state index is 11.6. The van der Waals surface area contributed by atoms with E-state index in [1.54, 1.807) is 0 Å². The molecule has 0 radical (unpaired) electrons. The van der Waals surface area contributed by atoms with Crippen LogP contribution in [0.1, 0.15) is 50.0 Å². The first-order valence-corrected chi connectivity index (χ1v) is 7.20. The van der Waals surface area contributed by atoms with E-state index in [-0.39, 0.29) is 11.8 Å². The molecule has 0 spiro atoms. The minimum absolute atomic E-state index is 0.0211. The van der Waals surface area contributed by atoms with Crippen LogP contribution in [0.3, 0.4) is 0 Å². The Morgan fingerprint density at radius 3 is 2.80 bits per heavy atom. The third kappa shape index (κ3) is 4.40. The van der Waals surface area contributed by atoms with E-state index >= 15 is 0 Å². The number of amides is 2. The van der Waals surface area contributed by atoms with Crippen molar-refractivity contribution in [2.45, 2.75) is 44.9 Å². The summed E-state index contributed by atoms with van der Waals surface area (Å²) in [6, 6.07) is 3.98. The van der Waals surface area contributed by atoms with E-state index in [1.807, 2.05) is 12.1 Å². The quantitative estimate of drug-likeness (QED) is 0.710. The van der Waals surface area contributed by atoms with Crippen LogP contribution in [0, 0.1) is 5.92 Å². The van der Waals surface area contributed by atoms with Gasteiger partial charge in [-0.05, 0) is 30.9 Å². The highest BCUT2D eigenvalue weighted by atomic mass is 16.3. The zero-order valence-corrected chi connectivity index (χ0v) is 11.9. The number of carbonyl (C=O) groups is 2. The Balaban J connectivity index is 1.63. The predicted octanol–water partition coefficient (Wildman–Crippen LogP) is 1.72. The van der Waals surface area contributed by atoms with Crippen molar-refractivity contribution < 1.29 is 14.0 Å². The highest BCUT2D eigenvalue weighted by Crippen LogP contribution is 2.47. The Morgan fingerprint density at radius 1 is 1.40 bits per heavy atom. The molecule has 1 aromatic rings. The molecular formula is C15H22N2O3. The summed E-state index contributed by atoms with van der Waals surface area (Å²) < 4.78 is 5.74. The van der Waals surface area contributed by atoms with Crippen LogP contribution in [0.2, 0.25) is 0 Å². The lowest BCUT2D eigenvalue weighted by molar-refractivity contribution is -0.122. The van der Waals surface area contributed by atoms with Crippen LogP contribution in [0.15, 0.2) is 16.5 Å². The molecule has 0 unspecified atom stereocenters. The van der Waals surface area contributed by atoms with Gasteiger partial charge >= 0.3 is 0 Å². The second-order valence-electron chi connectivity index (χ2n) is 5.54. The van der Waals surface area contributed by atoms with Gasteiger partial charge in [-0.25, -0.2) is 0 Å². The van der Waals surface area contributed by atoms with Gasteiger partial charge in [-0.1, -0.05) is 6.92 Å². The van der Waals surface area contributed by atoms with Crippen molar-refractivity contribution in [2.24, 2.45) is 11.7 Å². The third-order valence-corrected chi connectivity index (χ3v) is 3.68. The minimum atomic E-state index is -0.336. The first-order chi connectivity index (χ1) is 9.56. The second-order valence-corrected chi connectivity index (χ2v) is 5.54. The number of primary amides is 1. The van der Waals surface area contributed by atoms with E-state index in [0.717, 1.165) is 17.4 Å². The summed E-state index contributed by atoms with van der Waals surface area (Å²) in [7, 11) is 0. The molecule has 2 rings (SSSR count). The van der Waals surface area contributed by atoms with Gasteiger partial charge in [-0.15, -0.1) is 0 Å². The van der Waals surface area contributed by atoms with Gasteiger partial charge in [0.25, 0.3) is 0 Å². The van der Waals surface area contributed by atoms with Crippen molar-refractivity contribution in [3.8, 4) is 0 Å². The number of rotatable bonds is 8. The number of hydrogen-bond donors (Lipinski definition) is 2. The van der Waals surface area contributed by atoms with Gasteiger partial charge in [0.15, 0.2) is 0 Å². The maximum atomic E-state index is 11.6. The van der Waals surface area contributed by atoms with E-state index in [0.29, 0.717) is 38.1 Å². The average molecular weight is 278 g/mol. The summed E-state index contributed by atoms with van der Waals surface area (Å²) in [5.74, 6) is 2.86. The Kier molecular flexibility index (Phi) is 4.82. The normalized spacial score (nSPS) is 20.6. The summed E-state index contributed by atoms with van der Waals surface area (Å²) in [5, 5.41) is 2.77. The molecule has 1 fully saturated rings. The number of furan rings is 1. The smallest absolute Gasteiger partial charge is 0.220 e. The van der Waals surface area contributed by atoms with Gasteiger partial charge in [0.05, 0.1) is 0 Å². The van der Waals surface area contributed by atoms with Crippen LogP contribution in [-0.4, -0.2) is 18.4 Å². The molecule has 1 aliphatic carbocycles. The van der Waals surface area contributed by atoms with E-state index in [2.05, 4.69) is 12.2 Å². The number of carbonyl (C=O) groups excluding carboxylic acids is 2. The fraction of sp³-hybridized carbons (Fsp3) is 0.600. The van der Waals surface area contributed by atoms with Gasteiger partial charge in [0, 0.05) is 31.7 Å². The molecule has 0 bridgehead atoms. The van der Waals surface area contributed by atoms with Gasteiger partial charge in [0.2, 0.25) is 11.8 Å². The fourth-order valence-electron chi connectivity index (χ4n) is 2.26. The molecule has 0 aliphatic heterocycles. The third-order valence-electron chi connectivity index (χ3n) is 3.68. The Labute approximate surface area is 118 Å². The number of nitrogens with two attached hydrogens (primary N) is 1. The molecule has 0 aromatic carbocycles. The van der Waals surface area contributed by atoms with E-state index in [9.17, 15) is 9.59 Å². The van der Waals surface area contributed by atoms with Gasteiger partial charge in [-0.2, -0.15) is 0 Å². The first-order valence-electron chi connectivity index (χ1n) is 7.20. The maximum Gasteiger partial charge on any atom is 0.220 e. The monoisotopic (exact) mass is 278 g/mol. The highest BCUT2D eigenvalue weighted by Gasteiger charge is 2.36. The molecule has 2 amide bonds. The zero-order chi connectivity index (χ0) is 14.5. The topological polar surface area (TPSA) is 85.3 Å². The molecule has 20 heavy (non-hydrogen) atoms. The first kappa shape index (κ1) is 14.6. The van der Waals surface area contributed by atoms with Crippen LogP contribution in [-0.2, 0) is 16.0 Å². The lowest BCUT2D eigenvalue weighted by Gasteiger charge is -2.03. The number of hydrogen-bond acceptors (Lipinski definition) is 3. The van der Waals surface area contributed by atoms with E-state index in [4.69, 9.17) is 10.2 Å². The van der Waals surface area contributed by atoms with Crippen molar-refractivity contribution in [1.82, 2.24) is 5.32 Å². The van der Waals surface area contributed by atoms with E-state index < -0.39 is 0 Å². The Morgan fingerprint density at radius 2 is 2.15 bits per heavy atom. The SMILES string of the molecule is C[C@@H]1C[C@@H]1c1ccc(CCC(=O)NCCCC(N)=O)o1. The molecule has 2 atom stereocenters. The van der Waals surface area contributed by atoms with Gasteiger partial charge < -0.3 is 15.5 Å². The fourth-order valence-corrected chi connectivity index (χ4v) is 2.26. The van der Waals surface area contributed by atoms with Crippen LogP contribution in [0.4, 0.5) is 0 Å². The average Bonchev–Trinajstić information content (AvgIpc) is 2.95. The van der Waals surface area contributed by atoms with Crippen molar-refractivity contribution >= 4 is 11.8 Å². The van der Waals surface area contributed by atoms with Crippen LogP contribution >= 0.6 is 0 Å². The van der Waals surface area contributed by atoms with Crippen molar-refractivity contribution in [3.63, 3.8) is 0 Å². The molecule has 3 N–H and O–H groups in total. The van der Waals surface area contributed by atoms with Gasteiger partial charge in [0.1, 0.15) is 11.5 Å². The lowest BCUT2D eigenvalue weighted by Crippen LogP contribution is -2.25. The molecule has 5 heteroatoms.